The predicted octanol–water partition coefficient (Wildman–Crippen LogP) is 10.7. The average molecular weight is 741 g/mol. The summed E-state index contributed by atoms with van der Waals surface area (Å²) in [7, 11) is 3.21. The van der Waals surface area contributed by atoms with Gasteiger partial charge in [-0.1, -0.05) is 41.4 Å². The molecule has 0 aliphatic heterocycles. The van der Waals surface area contributed by atoms with Crippen molar-refractivity contribution in [1.29, 1.82) is 5.26 Å². The minimum atomic E-state index is 0.184. The zero-order valence-electron chi connectivity index (χ0n) is 22.8. The van der Waals surface area contributed by atoms with Gasteiger partial charge in [-0.15, -0.1) is 0 Å². The lowest BCUT2D eigenvalue weighted by molar-refractivity contribution is 0.302. The summed E-state index contributed by atoms with van der Waals surface area (Å²) in [6.45, 7) is 0.251. The second-order valence-corrected chi connectivity index (χ2v) is 11.7. The van der Waals surface area contributed by atoms with Gasteiger partial charge in [-0.3, -0.25) is 0 Å². The van der Waals surface area contributed by atoms with Gasteiger partial charge in [0.25, 0.3) is 0 Å². The third kappa shape index (κ3) is 6.92. The second kappa shape index (κ2) is 13.7. The van der Waals surface area contributed by atoms with Gasteiger partial charge in [0.1, 0.15) is 41.2 Å². The zero-order chi connectivity index (χ0) is 30.5. The molecule has 216 valence electrons. The quantitative estimate of drug-likeness (QED) is 0.141. The summed E-state index contributed by atoms with van der Waals surface area (Å²) in [6, 6.07) is 26.1. The van der Waals surface area contributed by atoms with E-state index in [1.54, 1.807) is 32.6 Å². The molecule has 1 heterocycles. The molecule has 0 aliphatic carbocycles. The molecule has 4 aromatic carbocycles. The molecule has 0 radical (unpaired) electrons. The molecule has 0 N–H and O–H groups in total. The van der Waals surface area contributed by atoms with E-state index in [4.69, 9.17) is 41.8 Å². The zero-order valence-corrected chi connectivity index (χ0v) is 27.5. The first kappa shape index (κ1) is 30.7. The van der Waals surface area contributed by atoms with Crippen LogP contribution in [0.5, 0.6) is 17.2 Å². The molecule has 1 aromatic heterocycles. The fraction of sp³-hybridized carbons (Fsp3) is 0.0909. The van der Waals surface area contributed by atoms with Gasteiger partial charge in [0, 0.05) is 33.0 Å². The lowest BCUT2D eigenvalue weighted by Gasteiger charge is -2.12. The van der Waals surface area contributed by atoms with Crippen molar-refractivity contribution in [2.45, 2.75) is 6.61 Å². The van der Waals surface area contributed by atoms with E-state index in [1.807, 2.05) is 66.7 Å². The number of nitriles is 1. The minimum Gasteiger partial charge on any atom is -0.497 e. The molecular weight excluding hydrogens is 719 g/mol. The van der Waals surface area contributed by atoms with Crippen molar-refractivity contribution in [2.75, 3.05) is 14.2 Å². The molecule has 43 heavy (non-hydrogen) atoms. The monoisotopic (exact) mass is 738 g/mol. The summed E-state index contributed by atoms with van der Waals surface area (Å²) in [5.41, 5.74) is 4.06. The Balaban J connectivity index is 1.49. The Morgan fingerprint density at radius 3 is 2.02 bits per heavy atom. The second-order valence-electron chi connectivity index (χ2n) is 9.15. The van der Waals surface area contributed by atoms with E-state index < -0.39 is 0 Å². The lowest BCUT2D eigenvalue weighted by Crippen LogP contribution is -1.98. The van der Waals surface area contributed by atoms with Crippen molar-refractivity contribution >= 4 is 67.2 Å². The minimum absolute atomic E-state index is 0.184. The van der Waals surface area contributed by atoms with Crippen LogP contribution in [-0.2, 0) is 6.61 Å². The van der Waals surface area contributed by atoms with Gasteiger partial charge in [0.15, 0.2) is 0 Å². The molecule has 10 heteroatoms. The largest absolute Gasteiger partial charge is 0.497 e. The van der Waals surface area contributed by atoms with Gasteiger partial charge in [0.2, 0.25) is 5.88 Å². The van der Waals surface area contributed by atoms with Crippen molar-refractivity contribution in [2.24, 2.45) is 4.99 Å². The highest BCUT2D eigenvalue weighted by molar-refractivity contribution is 9.11. The van der Waals surface area contributed by atoms with Crippen LogP contribution in [0.15, 0.2) is 97.2 Å². The first-order valence-electron chi connectivity index (χ1n) is 12.8. The number of hydrogen-bond acceptors (Lipinski definition) is 6. The van der Waals surface area contributed by atoms with E-state index in [-0.39, 0.29) is 12.5 Å². The van der Waals surface area contributed by atoms with Crippen LogP contribution in [0, 0.1) is 11.3 Å². The summed E-state index contributed by atoms with van der Waals surface area (Å²) in [6.07, 6.45) is 1.63. The van der Waals surface area contributed by atoms with Crippen LogP contribution in [0.4, 0.5) is 5.88 Å². The molecule has 5 rings (SSSR count). The predicted molar refractivity (Wildman–Crippen MR) is 177 cm³/mol. The van der Waals surface area contributed by atoms with Crippen molar-refractivity contribution in [3.05, 3.63) is 115 Å². The number of nitrogens with zero attached hydrogens (tertiary/aromatic N) is 2. The number of aliphatic imine (C=N–C) groups is 1. The Morgan fingerprint density at radius 2 is 1.47 bits per heavy atom. The van der Waals surface area contributed by atoms with E-state index in [0.29, 0.717) is 53.1 Å². The number of benzene rings is 4. The molecule has 0 atom stereocenters. The highest BCUT2D eigenvalue weighted by Crippen LogP contribution is 2.43. The smallest absolute Gasteiger partial charge is 0.238 e. The Kier molecular flexibility index (Phi) is 9.79. The fourth-order valence-electron chi connectivity index (χ4n) is 4.31. The number of methoxy groups -OCH3 is 2. The molecule has 0 fully saturated rings. The average Bonchev–Trinajstić information content (AvgIpc) is 3.39. The van der Waals surface area contributed by atoms with E-state index in [1.165, 1.54) is 0 Å². The number of halogens is 4. The van der Waals surface area contributed by atoms with Gasteiger partial charge in [-0.25, -0.2) is 4.99 Å². The van der Waals surface area contributed by atoms with Crippen LogP contribution in [0.1, 0.15) is 16.7 Å². The first-order valence-corrected chi connectivity index (χ1v) is 15.1. The molecule has 0 aliphatic rings. The molecule has 0 saturated heterocycles. The van der Waals surface area contributed by atoms with Crippen LogP contribution in [0.2, 0.25) is 10.0 Å². The Labute approximate surface area is 275 Å². The molecule has 5 aromatic rings. The first-order chi connectivity index (χ1) is 20.8. The summed E-state index contributed by atoms with van der Waals surface area (Å²) in [5.74, 6) is 2.71. The van der Waals surface area contributed by atoms with E-state index in [9.17, 15) is 5.26 Å². The molecule has 0 amide bonds. The number of furan rings is 1. The summed E-state index contributed by atoms with van der Waals surface area (Å²) < 4.78 is 24.3. The molecular formula is C33H22Br2Cl2N2O4. The van der Waals surface area contributed by atoms with E-state index in [0.717, 1.165) is 22.3 Å². The Hall–Kier alpha value is -3.74. The standard InChI is InChI=1S/C33H22Br2Cl2N2O4/c1-40-24-9-4-20(5-10-24)30-26(16-38)33(43-31(30)21-6-11-25(41-2)12-7-21)39-17-19-13-27(34)32(28(35)14-19)42-18-22-3-8-23(36)15-29(22)37/h3-15,17H,18H2,1-2H3. The maximum atomic E-state index is 10.2. The lowest BCUT2D eigenvalue weighted by atomic mass is 9.98. The number of hydrogen-bond donors (Lipinski definition) is 0. The van der Waals surface area contributed by atoms with Crippen LogP contribution < -0.4 is 14.2 Å². The highest BCUT2D eigenvalue weighted by atomic mass is 79.9. The summed E-state index contributed by atoms with van der Waals surface area (Å²) in [5, 5.41) is 11.3. The van der Waals surface area contributed by atoms with Crippen molar-refractivity contribution in [1.82, 2.24) is 0 Å². The van der Waals surface area contributed by atoms with E-state index in [2.05, 4.69) is 42.9 Å². The highest BCUT2D eigenvalue weighted by Gasteiger charge is 2.23. The fourth-order valence-corrected chi connectivity index (χ4v) is 6.22. The van der Waals surface area contributed by atoms with Gasteiger partial charge < -0.3 is 18.6 Å². The van der Waals surface area contributed by atoms with Crippen molar-refractivity contribution in [3.63, 3.8) is 0 Å². The Bertz CT molecular complexity index is 1820. The van der Waals surface area contributed by atoms with Crippen molar-refractivity contribution < 1.29 is 18.6 Å². The number of rotatable bonds is 9. The van der Waals surface area contributed by atoms with Crippen LogP contribution in [0.25, 0.3) is 22.5 Å². The van der Waals surface area contributed by atoms with Gasteiger partial charge in [0.05, 0.1) is 23.2 Å². The molecule has 0 saturated carbocycles. The van der Waals surface area contributed by atoms with Crippen molar-refractivity contribution in [3.8, 4) is 45.8 Å². The molecule has 6 nitrogen and oxygen atoms in total. The SMILES string of the molecule is COc1ccc(-c2oc(N=Cc3cc(Br)c(OCc4ccc(Cl)cc4Cl)c(Br)c3)c(C#N)c2-c2ccc(OC)cc2)cc1. The topological polar surface area (TPSA) is 77.0 Å². The number of ether oxygens (including phenoxy) is 3. The van der Waals surface area contributed by atoms with Gasteiger partial charge >= 0.3 is 0 Å². The van der Waals surface area contributed by atoms with Crippen LogP contribution >= 0.6 is 55.1 Å². The molecule has 0 spiro atoms. The van der Waals surface area contributed by atoms with Crippen LogP contribution in [-0.4, -0.2) is 20.4 Å². The van der Waals surface area contributed by atoms with E-state index >= 15 is 0 Å². The molecule has 0 unspecified atom stereocenters. The maximum Gasteiger partial charge on any atom is 0.238 e. The Morgan fingerprint density at radius 1 is 0.860 bits per heavy atom. The van der Waals surface area contributed by atoms with Crippen LogP contribution in [0.3, 0.4) is 0 Å². The van der Waals surface area contributed by atoms with Gasteiger partial charge in [-0.2, -0.15) is 5.26 Å². The van der Waals surface area contributed by atoms with Gasteiger partial charge in [-0.05, 0) is 104 Å². The normalized spacial score (nSPS) is 11.0. The molecule has 0 bridgehead atoms. The maximum absolute atomic E-state index is 10.2. The summed E-state index contributed by atoms with van der Waals surface area (Å²) in [4.78, 5) is 4.60. The third-order valence-corrected chi connectivity index (χ3v) is 8.24. The third-order valence-electron chi connectivity index (χ3n) is 6.47. The summed E-state index contributed by atoms with van der Waals surface area (Å²) >= 11 is 19.5.